The second-order valence-electron chi connectivity index (χ2n) is 6.14. The minimum Gasteiger partial charge on any atom is -0.283 e. The Kier molecular flexibility index (Phi) is 3.77. The van der Waals surface area contributed by atoms with Crippen LogP contribution in [0.4, 0.5) is 0 Å². The van der Waals surface area contributed by atoms with Crippen molar-refractivity contribution in [3.63, 3.8) is 0 Å². The number of benzene rings is 1. The van der Waals surface area contributed by atoms with Crippen molar-refractivity contribution in [1.82, 2.24) is 9.55 Å². The lowest BCUT2D eigenvalue weighted by Crippen LogP contribution is -2.21. The van der Waals surface area contributed by atoms with Gasteiger partial charge in [-0.3, -0.25) is 9.36 Å². The van der Waals surface area contributed by atoms with Gasteiger partial charge in [0.25, 0.3) is 5.56 Å². The minimum atomic E-state index is 0.134. The van der Waals surface area contributed by atoms with E-state index in [1.807, 2.05) is 16.0 Å². The first-order valence-electron chi connectivity index (χ1n) is 7.82. The molecule has 0 bridgehead atoms. The highest BCUT2D eigenvalue weighted by Gasteiger charge is 2.28. The van der Waals surface area contributed by atoms with Gasteiger partial charge in [-0.25, -0.2) is 4.98 Å². The molecular formula is C18H18N2OS2. The van der Waals surface area contributed by atoms with E-state index in [1.54, 1.807) is 11.8 Å². The maximum absolute atomic E-state index is 12.7. The summed E-state index contributed by atoms with van der Waals surface area (Å²) < 4.78 is 2.71. The van der Waals surface area contributed by atoms with Crippen LogP contribution in [0.25, 0.3) is 10.2 Å². The van der Waals surface area contributed by atoms with Gasteiger partial charge in [-0.1, -0.05) is 30.0 Å². The Morgan fingerprint density at radius 1 is 1.26 bits per heavy atom. The first-order chi connectivity index (χ1) is 11.1. The van der Waals surface area contributed by atoms with E-state index in [-0.39, 0.29) is 5.56 Å². The molecule has 0 atom stereocenters. The zero-order chi connectivity index (χ0) is 16.0. The summed E-state index contributed by atoms with van der Waals surface area (Å²) in [6, 6.07) is 8.85. The van der Waals surface area contributed by atoms with Crippen molar-refractivity contribution < 1.29 is 0 Å². The van der Waals surface area contributed by atoms with E-state index in [0.29, 0.717) is 6.04 Å². The van der Waals surface area contributed by atoms with Crippen molar-refractivity contribution in [2.24, 2.45) is 0 Å². The predicted molar refractivity (Wildman–Crippen MR) is 97.6 cm³/mol. The molecule has 0 radical (unpaired) electrons. The summed E-state index contributed by atoms with van der Waals surface area (Å²) >= 11 is 3.17. The summed E-state index contributed by atoms with van der Waals surface area (Å²) in [5.74, 6) is 0.843. The van der Waals surface area contributed by atoms with E-state index >= 15 is 0 Å². The third-order valence-corrected chi connectivity index (χ3v) is 6.25. The third kappa shape index (κ3) is 2.83. The van der Waals surface area contributed by atoms with Gasteiger partial charge in [0.1, 0.15) is 4.70 Å². The van der Waals surface area contributed by atoms with E-state index in [1.165, 1.54) is 28.0 Å². The van der Waals surface area contributed by atoms with Gasteiger partial charge in [0, 0.05) is 11.8 Å². The molecule has 0 spiro atoms. The van der Waals surface area contributed by atoms with Crippen molar-refractivity contribution in [3.8, 4) is 0 Å². The Morgan fingerprint density at radius 2 is 2.09 bits per heavy atom. The summed E-state index contributed by atoms with van der Waals surface area (Å²) in [6.07, 6.45) is 2.19. The first kappa shape index (κ1) is 15.0. The van der Waals surface area contributed by atoms with Gasteiger partial charge in [0.05, 0.1) is 5.52 Å². The smallest absolute Gasteiger partial charge is 0.272 e. The number of aryl methyl sites for hydroxylation is 2. The monoisotopic (exact) mass is 342 g/mol. The molecule has 0 aliphatic heterocycles. The lowest BCUT2D eigenvalue weighted by atomic mass is 10.1. The fourth-order valence-electron chi connectivity index (χ4n) is 2.70. The van der Waals surface area contributed by atoms with E-state index in [9.17, 15) is 4.79 Å². The molecule has 1 aliphatic carbocycles. The summed E-state index contributed by atoms with van der Waals surface area (Å²) in [7, 11) is 0. The maximum Gasteiger partial charge on any atom is 0.272 e. The molecule has 0 N–H and O–H groups in total. The van der Waals surface area contributed by atoms with E-state index in [2.05, 4.69) is 32.0 Å². The molecule has 2 aromatic heterocycles. The molecule has 4 rings (SSSR count). The zero-order valence-electron chi connectivity index (χ0n) is 13.2. The van der Waals surface area contributed by atoms with Crippen LogP contribution in [0.5, 0.6) is 0 Å². The molecule has 1 aliphatic rings. The standard InChI is InChI=1S/C18H18N2OS2/c1-11-3-4-13(9-12(11)2)10-23-18-19-15-7-8-22-16(15)17(21)20(18)14-5-6-14/h3-4,7-9,14H,5-6,10H2,1-2H3. The van der Waals surface area contributed by atoms with Gasteiger partial charge in [-0.05, 0) is 54.8 Å². The van der Waals surface area contributed by atoms with Crippen molar-refractivity contribution in [3.05, 3.63) is 56.7 Å². The lowest BCUT2D eigenvalue weighted by Gasteiger charge is -2.11. The molecule has 0 amide bonds. The number of fused-ring (bicyclic) bond motifs is 1. The molecule has 3 nitrogen and oxygen atoms in total. The van der Waals surface area contributed by atoms with Crippen LogP contribution in [0.2, 0.25) is 0 Å². The van der Waals surface area contributed by atoms with Crippen LogP contribution < -0.4 is 5.56 Å². The lowest BCUT2D eigenvalue weighted by molar-refractivity contribution is 0.619. The van der Waals surface area contributed by atoms with E-state index < -0.39 is 0 Å². The van der Waals surface area contributed by atoms with Gasteiger partial charge < -0.3 is 0 Å². The van der Waals surface area contributed by atoms with Gasteiger partial charge in [0.2, 0.25) is 0 Å². The number of hydrogen-bond acceptors (Lipinski definition) is 4. The quantitative estimate of drug-likeness (QED) is 0.509. The van der Waals surface area contributed by atoms with Crippen molar-refractivity contribution in [1.29, 1.82) is 0 Å². The molecular weight excluding hydrogens is 324 g/mol. The van der Waals surface area contributed by atoms with Crippen LogP contribution in [0.15, 0.2) is 39.6 Å². The number of rotatable bonds is 4. The highest BCUT2D eigenvalue weighted by molar-refractivity contribution is 7.98. The Balaban J connectivity index is 1.69. The van der Waals surface area contributed by atoms with Crippen LogP contribution >= 0.6 is 23.1 Å². The molecule has 2 heterocycles. The molecule has 3 aromatic rings. The number of nitrogens with zero attached hydrogens (tertiary/aromatic N) is 2. The molecule has 0 unspecified atom stereocenters. The van der Waals surface area contributed by atoms with Crippen LogP contribution in [0, 0.1) is 13.8 Å². The Bertz CT molecular complexity index is 938. The molecule has 1 aromatic carbocycles. The van der Waals surface area contributed by atoms with Crippen molar-refractivity contribution in [2.75, 3.05) is 0 Å². The molecule has 1 saturated carbocycles. The average Bonchev–Trinajstić information content (AvgIpc) is 3.25. The van der Waals surface area contributed by atoms with Crippen LogP contribution in [-0.2, 0) is 5.75 Å². The highest BCUT2D eigenvalue weighted by atomic mass is 32.2. The number of aromatic nitrogens is 2. The second kappa shape index (κ2) is 5.80. The van der Waals surface area contributed by atoms with Gasteiger partial charge in [-0.2, -0.15) is 0 Å². The second-order valence-corrected chi connectivity index (χ2v) is 8.00. The predicted octanol–water partition coefficient (Wildman–Crippen LogP) is 4.70. The topological polar surface area (TPSA) is 34.9 Å². The fraction of sp³-hybridized carbons (Fsp3) is 0.333. The van der Waals surface area contributed by atoms with Crippen molar-refractivity contribution >= 4 is 33.3 Å². The zero-order valence-corrected chi connectivity index (χ0v) is 14.8. The maximum atomic E-state index is 12.7. The average molecular weight is 342 g/mol. The summed E-state index contributed by atoms with van der Waals surface area (Å²) in [5, 5.41) is 2.82. The largest absolute Gasteiger partial charge is 0.283 e. The molecule has 1 fully saturated rings. The van der Waals surface area contributed by atoms with Gasteiger partial charge in [-0.15, -0.1) is 11.3 Å². The minimum absolute atomic E-state index is 0.134. The van der Waals surface area contributed by atoms with Gasteiger partial charge >= 0.3 is 0 Å². The summed E-state index contributed by atoms with van der Waals surface area (Å²) in [4.78, 5) is 17.5. The Hall–Kier alpha value is -1.59. The normalized spacial score (nSPS) is 14.5. The SMILES string of the molecule is Cc1ccc(CSc2nc3ccsc3c(=O)n2C2CC2)cc1C. The molecule has 5 heteroatoms. The molecule has 0 saturated heterocycles. The first-order valence-corrected chi connectivity index (χ1v) is 9.68. The van der Waals surface area contributed by atoms with E-state index in [4.69, 9.17) is 4.98 Å². The summed E-state index contributed by atoms with van der Waals surface area (Å²) in [6.45, 7) is 4.27. The molecule has 23 heavy (non-hydrogen) atoms. The van der Waals surface area contributed by atoms with Crippen molar-refractivity contribution in [2.45, 2.75) is 43.6 Å². The third-order valence-electron chi connectivity index (χ3n) is 4.33. The summed E-state index contributed by atoms with van der Waals surface area (Å²) in [5.41, 5.74) is 4.87. The van der Waals surface area contributed by atoms with Crippen LogP contribution in [-0.4, -0.2) is 9.55 Å². The Morgan fingerprint density at radius 3 is 2.83 bits per heavy atom. The Labute approximate surface area is 143 Å². The number of thiophene rings is 1. The number of hydrogen-bond donors (Lipinski definition) is 0. The van der Waals surface area contributed by atoms with Crippen LogP contribution in [0.1, 0.15) is 35.6 Å². The highest BCUT2D eigenvalue weighted by Crippen LogP contribution is 2.37. The fourth-order valence-corrected chi connectivity index (χ4v) is 4.48. The van der Waals surface area contributed by atoms with Crippen LogP contribution in [0.3, 0.4) is 0 Å². The van der Waals surface area contributed by atoms with Gasteiger partial charge in [0.15, 0.2) is 5.16 Å². The number of thioether (sulfide) groups is 1. The molecule has 118 valence electrons. The van der Waals surface area contributed by atoms with E-state index in [0.717, 1.165) is 34.0 Å².